The molecular formula is C18H25N3O4. The molecule has 2 unspecified atom stereocenters. The van der Waals surface area contributed by atoms with E-state index in [0.717, 1.165) is 18.7 Å². The van der Waals surface area contributed by atoms with Crippen molar-refractivity contribution in [2.75, 3.05) is 45.8 Å². The van der Waals surface area contributed by atoms with Gasteiger partial charge < -0.3 is 24.6 Å². The minimum atomic E-state index is -0.412. The van der Waals surface area contributed by atoms with Crippen LogP contribution in [0.3, 0.4) is 0 Å². The number of nitrogens with zero attached hydrogens (tertiary/aromatic N) is 2. The Kier molecular flexibility index (Phi) is 5.13. The maximum atomic E-state index is 12.9. The predicted octanol–water partition coefficient (Wildman–Crippen LogP) is 0.877. The molecule has 2 aliphatic rings. The predicted molar refractivity (Wildman–Crippen MR) is 94.1 cm³/mol. The first-order chi connectivity index (χ1) is 12.0. The number of rotatable bonds is 5. The van der Waals surface area contributed by atoms with Crippen molar-refractivity contribution < 1.29 is 19.1 Å². The second-order valence-corrected chi connectivity index (χ2v) is 6.50. The third kappa shape index (κ3) is 3.42. The van der Waals surface area contributed by atoms with Crippen molar-refractivity contribution in [3.8, 4) is 11.5 Å². The van der Waals surface area contributed by atoms with Gasteiger partial charge in [-0.15, -0.1) is 0 Å². The van der Waals surface area contributed by atoms with Gasteiger partial charge in [-0.05, 0) is 19.4 Å². The smallest absolute Gasteiger partial charge is 0.249 e. The lowest BCUT2D eigenvalue weighted by molar-refractivity contribution is -0.139. The molecule has 2 amide bonds. The number of ether oxygens (including phenoxy) is 2. The van der Waals surface area contributed by atoms with Crippen LogP contribution in [0.4, 0.5) is 5.69 Å². The summed E-state index contributed by atoms with van der Waals surface area (Å²) in [7, 11) is 4.89. The summed E-state index contributed by atoms with van der Waals surface area (Å²) in [4.78, 5) is 28.8. The van der Waals surface area contributed by atoms with Gasteiger partial charge in [0.15, 0.2) is 0 Å². The van der Waals surface area contributed by atoms with Gasteiger partial charge in [-0.3, -0.25) is 9.59 Å². The molecule has 0 aromatic heterocycles. The zero-order valence-corrected chi connectivity index (χ0v) is 14.9. The molecule has 7 nitrogen and oxygen atoms in total. The SMILES string of the molecule is COc1cc(OC)cc(N2CCC(N(C)C(=O)C3CCNC3)C2=O)c1. The van der Waals surface area contributed by atoms with Crippen LogP contribution in [0.15, 0.2) is 18.2 Å². The van der Waals surface area contributed by atoms with E-state index >= 15 is 0 Å². The fourth-order valence-electron chi connectivity index (χ4n) is 3.54. The van der Waals surface area contributed by atoms with E-state index in [4.69, 9.17) is 9.47 Å². The summed E-state index contributed by atoms with van der Waals surface area (Å²) in [6.07, 6.45) is 1.46. The Bertz CT molecular complexity index is 635. The van der Waals surface area contributed by atoms with Crippen molar-refractivity contribution >= 4 is 17.5 Å². The Morgan fingerprint density at radius 3 is 2.44 bits per heavy atom. The van der Waals surface area contributed by atoms with E-state index in [1.807, 2.05) is 12.1 Å². The first kappa shape index (κ1) is 17.5. The minimum Gasteiger partial charge on any atom is -0.497 e. The van der Waals surface area contributed by atoms with Crippen molar-refractivity contribution in [3.05, 3.63) is 18.2 Å². The molecule has 2 atom stereocenters. The molecule has 7 heteroatoms. The topological polar surface area (TPSA) is 71.1 Å². The number of methoxy groups -OCH3 is 2. The Hall–Kier alpha value is -2.28. The molecule has 1 aromatic rings. The summed E-state index contributed by atoms with van der Waals surface area (Å²) in [6.45, 7) is 2.12. The van der Waals surface area contributed by atoms with Crippen LogP contribution in [-0.4, -0.2) is 63.7 Å². The van der Waals surface area contributed by atoms with Crippen molar-refractivity contribution in [1.29, 1.82) is 0 Å². The fraction of sp³-hybridized carbons (Fsp3) is 0.556. The molecular weight excluding hydrogens is 322 g/mol. The maximum Gasteiger partial charge on any atom is 0.249 e. The molecule has 2 fully saturated rings. The number of hydrogen-bond donors (Lipinski definition) is 1. The molecule has 0 aliphatic carbocycles. The zero-order valence-electron chi connectivity index (χ0n) is 14.9. The molecule has 2 heterocycles. The van der Waals surface area contributed by atoms with Crippen LogP contribution in [0.1, 0.15) is 12.8 Å². The number of likely N-dealkylation sites (N-methyl/N-ethyl adjacent to an activating group) is 1. The van der Waals surface area contributed by atoms with E-state index in [2.05, 4.69) is 5.32 Å². The van der Waals surface area contributed by atoms with Gasteiger partial charge in [0, 0.05) is 38.3 Å². The molecule has 3 rings (SSSR count). The van der Waals surface area contributed by atoms with E-state index in [1.54, 1.807) is 37.1 Å². The molecule has 2 saturated heterocycles. The number of anilines is 1. The summed E-state index contributed by atoms with van der Waals surface area (Å²) in [5.74, 6) is 1.23. The van der Waals surface area contributed by atoms with Gasteiger partial charge in [0.2, 0.25) is 11.8 Å². The molecule has 0 bridgehead atoms. The average molecular weight is 347 g/mol. The van der Waals surface area contributed by atoms with Gasteiger partial charge in [-0.1, -0.05) is 0 Å². The molecule has 0 spiro atoms. The third-order valence-electron chi connectivity index (χ3n) is 5.05. The number of nitrogens with one attached hydrogen (secondary N) is 1. The summed E-state index contributed by atoms with van der Waals surface area (Å²) >= 11 is 0. The van der Waals surface area contributed by atoms with Gasteiger partial charge in [0.1, 0.15) is 17.5 Å². The summed E-state index contributed by atoms with van der Waals surface area (Å²) in [5, 5.41) is 3.20. The molecule has 1 N–H and O–H groups in total. The highest BCUT2D eigenvalue weighted by Gasteiger charge is 2.39. The van der Waals surface area contributed by atoms with E-state index in [1.165, 1.54) is 0 Å². The normalized spacial score (nSPS) is 23.0. The highest BCUT2D eigenvalue weighted by molar-refractivity contribution is 6.01. The minimum absolute atomic E-state index is 0.0243. The van der Waals surface area contributed by atoms with Crippen molar-refractivity contribution in [1.82, 2.24) is 10.2 Å². The van der Waals surface area contributed by atoms with Crippen LogP contribution >= 0.6 is 0 Å². The van der Waals surface area contributed by atoms with E-state index < -0.39 is 6.04 Å². The molecule has 136 valence electrons. The summed E-state index contributed by atoms with van der Waals surface area (Å²) < 4.78 is 10.6. The van der Waals surface area contributed by atoms with Gasteiger partial charge in [0.05, 0.1) is 25.8 Å². The Balaban J connectivity index is 1.76. The number of carbonyl (C=O) groups is 2. The van der Waals surface area contributed by atoms with E-state index in [-0.39, 0.29) is 17.7 Å². The molecule has 1 aromatic carbocycles. The Morgan fingerprint density at radius 1 is 1.20 bits per heavy atom. The van der Waals surface area contributed by atoms with Crippen LogP contribution in [0.2, 0.25) is 0 Å². The van der Waals surface area contributed by atoms with Gasteiger partial charge in [0.25, 0.3) is 0 Å². The lowest BCUT2D eigenvalue weighted by Gasteiger charge is -2.26. The van der Waals surface area contributed by atoms with Crippen molar-refractivity contribution in [3.63, 3.8) is 0 Å². The second-order valence-electron chi connectivity index (χ2n) is 6.50. The Labute approximate surface area is 147 Å². The quantitative estimate of drug-likeness (QED) is 0.856. The molecule has 2 aliphatic heterocycles. The van der Waals surface area contributed by atoms with Crippen LogP contribution in [0.5, 0.6) is 11.5 Å². The number of amides is 2. The second kappa shape index (κ2) is 7.31. The van der Waals surface area contributed by atoms with E-state index in [9.17, 15) is 9.59 Å². The summed E-state index contributed by atoms with van der Waals surface area (Å²) in [5.41, 5.74) is 0.729. The highest BCUT2D eigenvalue weighted by Crippen LogP contribution is 2.32. The first-order valence-corrected chi connectivity index (χ1v) is 8.57. The number of carbonyl (C=O) groups excluding carboxylic acids is 2. The standard InChI is InChI=1S/C18H25N3O4/c1-20(17(22)12-4-6-19-11-12)16-5-7-21(18(16)23)13-8-14(24-2)10-15(9-13)25-3/h8-10,12,16,19H,4-7,11H2,1-3H3. The van der Waals surface area contributed by atoms with Crippen molar-refractivity contribution in [2.24, 2.45) is 5.92 Å². The van der Waals surface area contributed by atoms with Gasteiger partial charge >= 0.3 is 0 Å². The van der Waals surface area contributed by atoms with Gasteiger partial charge in [-0.2, -0.15) is 0 Å². The molecule has 0 saturated carbocycles. The Morgan fingerprint density at radius 2 is 1.88 bits per heavy atom. The van der Waals surface area contributed by atoms with E-state index in [0.29, 0.717) is 31.0 Å². The first-order valence-electron chi connectivity index (χ1n) is 8.57. The molecule has 0 radical (unpaired) electrons. The highest BCUT2D eigenvalue weighted by atomic mass is 16.5. The third-order valence-corrected chi connectivity index (χ3v) is 5.05. The van der Waals surface area contributed by atoms with Gasteiger partial charge in [-0.25, -0.2) is 0 Å². The number of benzene rings is 1. The maximum absolute atomic E-state index is 12.9. The lowest BCUT2D eigenvalue weighted by atomic mass is 10.1. The summed E-state index contributed by atoms with van der Waals surface area (Å²) in [6, 6.07) is 4.98. The zero-order chi connectivity index (χ0) is 18.0. The van der Waals surface area contributed by atoms with Crippen LogP contribution in [-0.2, 0) is 9.59 Å². The monoisotopic (exact) mass is 347 g/mol. The van der Waals surface area contributed by atoms with Crippen LogP contribution < -0.4 is 19.7 Å². The fourth-order valence-corrected chi connectivity index (χ4v) is 3.54. The largest absolute Gasteiger partial charge is 0.497 e. The number of hydrogen-bond acceptors (Lipinski definition) is 5. The van der Waals surface area contributed by atoms with Crippen LogP contribution in [0.25, 0.3) is 0 Å². The molecule has 25 heavy (non-hydrogen) atoms. The lowest BCUT2D eigenvalue weighted by Crippen LogP contribution is -2.45. The van der Waals surface area contributed by atoms with Crippen molar-refractivity contribution in [2.45, 2.75) is 18.9 Å². The van der Waals surface area contributed by atoms with Crippen LogP contribution in [0, 0.1) is 5.92 Å². The average Bonchev–Trinajstić information content (AvgIpc) is 3.29.